The molecule has 4 rings (SSSR count). The summed E-state index contributed by atoms with van der Waals surface area (Å²) in [4.78, 5) is 2.48. The van der Waals surface area contributed by atoms with Crippen molar-refractivity contribution in [2.45, 2.75) is 24.9 Å². The maximum absolute atomic E-state index is 10.3. The topological polar surface area (TPSA) is 23.5 Å². The first-order chi connectivity index (χ1) is 12.9. The van der Waals surface area contributed by atoms with Crippen LogP contribution in [0.5, 0.6) is 0 Å². The molecular weight excluding hydrogens is 318 g/mol. The summed E-state index contributed by atoms with van der Waals surface area (Å²) in [5.41, 5.74) is 5.26. The molecule has 0 fully saturated rings. The van der Waals surface area contributed by atoms with Gasteiger partial charge in [-0.2, -0.15) is 0 Å². The smallest absolute Gasteiger partial charge is 0.0628 e. The number of nitrogens with zero attached hydrogens (tertiary/aromatic N) is 1. The Bertz CT molecular complexity index is 831. The Morgan fingerprint density at radius 3 is 2.23 bits per heavy atom. The van der Waals surface area contributed by atoms with Crippen LogP contribution in [0, 0.1) is 0 Å². The van der Waals surface area contributed by atoms with Crippen molar-refractivity contribution in [3.63, 3.8) is 0 Å². The monoisotopic (exact) mass is 343 g/mol. The molecule has 1 aliphatic rings. The fourth-order valence-corrected chi connectivity index (χ4v) is 4.21. The first kappa shape index (κ1) is 17.0. The van der Waals surface area contributed by atoms with Crippen molar-refractivity contribution < 1.29 is 5.11 Å². The molecule has 0 aromatic heterocycles. The number of rotatable bonds is 4. The molecule has 2 atom stereocenters. The van der Waals surface area contributed by atoms with Gasteiger partial charge in [-0.15, -0.1) is 0 Å². The van der Waals surface area contributed by atoms with E-state index in [0.29, 0.717) is 0 Å². The average molecular weight is 343 g/mol. The number of benzene rings is 3. The van der Waals surface area contributed by atoms with Gasteiger partial charge in [0.15, 0.2) is 0 Å². The molecule has 0 aliphatic carbocycles. The zero-order valence-electron chi connectivity index (χ0n) is 15.0. The highest BCUT2D eigenvalue weighted by Gasteiger charge is 2.32. The van der Waals surface area contributed by atoms with Crippen LogP contribution >= 0.6 is 0 Å². The predicted molar refractivity (Wildman–Crippen MR) is 106 cm³/mol. The lowest BCUT2D eigenvalue weighted by atomic mass is 9.91. The normalized spacial score (nSPS) is 18.7. The summed E-state index contributed by atoms with van der Waals surface area (Å²) in [6.45, 7) is 1.09. The summed E-state index contributed by atoms with van der Waals surface area (Å²) < 4.78 is 0. The number of aryl methyl sites for hydroxylation is 1. The van der Waals surface area contributed by atoms with Crippen LogP contribution in [0.1, 0.15) is 40.8 Å². The molecule has 132 valence electrons. The second-order valence-electron chi connectivity index (χ2n) is 6.96. The van der Waals surface area contributed by atoms with Crippen molar-refractivity contribution in [1.29, 1.82) is 0 Å². The third-order valence-corrected chi connectivity index (χ3v) is 5.42. The molecule has 0 saturated carbocycles. The van der Waals surface area contributed by atoms with Crippen LogP contribution in [0.2, 0.25) is 0 Å². The molecule has 0 bridgehead atoms. The van der Waals surface area contributed by atoms with Crippen LogP contribution in [-0.4, -0.2) is 23.2 Å². The Labute approximate surface area is 155 Å². The van der Waals surface area contributed by atoms with Gasteiger partial charge in [-0.3, -0.25) is 4.90 Å². The molecule has 1 aliphatic heterocycles. The summed E-state index contributed by atoms with van der Waals surface area (Å²) in [6, 6.07) is 30.0. The minimum atomic E-state index is -0.00689. The van der Waals surface area contributed by atoms with Gasteiger partial charge in [0, 0.05) is 6.54 Å². The van der Waals surface area contributed by atoms with E-state index in [0.717, 1.165) is 19.4 Å². The standard InChI is InChI=1S/C24H25NO/c26-18-23(20-11-3-1-4-12-20)25-17-9-15-19-10-7-8-16-22(19)24(25)21-13-5-2-6-14-21/h1-8,10-14,16,23-24,26H,9,15,17-18H2/t23-,24-/m1/s1. The van der Waals surface area contributed by atoms with E-state index in [-0.39, 0.29) is 18.7 Å². The highest BCUT2D eigenvalue weighted by molar-refractivity contribution is 5.39. The lowest BCUT2D eigenvalue weighted by Gasteiger charge is -2.37. The molecule has 2 heteroatoms. The minimum Gasteiger partial charge on any atom is -0.394 e. The van der Waals surface area contributed by atoms with Crippen LogP contribution in [-0.2, 0) is 6.42 Å². The van der Waals surface area contributed by atoms with E-state index in [1.807, 2.05) is 6.07 Å². The summed E-state index contributed by atoms with van der Waals surface area (Å²) in [6.07, 6.45) is 2.19. The van der Waals surface area contributed by atoms with Crippen molar-refractivity contribution in [2.24, 2.45) is 0 Å². The van der Waals surface area contributed by atoms with Crippen LogP contribution in [0.4, 0.5) is 0 Å². The van der Waals surface area contributed by atoms with Crippen molar-refractivity contribution in [2.75, 3.05) is 13.2 Å². The fourth-order valence-electron chi connectivity index (χ4n) is 4.21. The average Bonchev–Trinajstić information content (AvgIpc) is 2.90. The van der Waals surface area contributed by atoms with E-state index < -0.39 is 0 Å². The third-order valence-electron chi connectivity index (χ3n) is 5.42. The summed E-state index contributed by atoms with van der Waals surface area (Å²) in [5.74, 6) is 0. The molecule has 0 unspecified atom stereocenters. The Morgan fingerprint density at radius 1 is 0.846 bits per heavy atom. The fraction of sp³-hybridized carbons (Fsp3) is 0.250. The van der Waals surface area contributed by atoms with E-state index in [2.05, 4.69) is 83.8 Å². The molecule has 26 heavy (non-hydrogen) atoms. The first-order valence-corrected chi connectivity index (χ1v) is 9.43. The Morgan fingerprint density at radius 2 is 1.50 bits per heavy atom. The van der Waals surface area contributed by atoms with E-state index >= 15 is 0 Å². The van der Waals surface area contributed by atoms with Crippen molar-refractivity contribution in [3.05, 3.63) is 107 Å². The molecule has 0 amide bonds. The minimum absolute atomic E-state index is 0.00689. The Hall–Kier alpha value is -2.42. The van der Waals surface area contributed by atoms with Crippen LogP contribution in [0.25, 0.3) is 0 Å². The molecular formula is C24H25NO. The van der Waals surface area contributed by atoms with Gasteiger partial charge in [0.25, 0.3) is 0 Å². The van der Waals surface area contributed by atoms with Gasteiger partial charge in [-0.05, 0) is 35.1 Å². The van der Waals surface area contributed by atoms with Gasteiger partial charge in [-0.25, -0.2) is 0 Å². The van der Waals surface area contributed by atoms with E-state index in [4.69, 9.17) is 0 Å². The summed E-state index contributed by atoms with van der Waals surface area (Å²) in [7, 11) is 0. The molecule has 0 radical (unpaired) electrons. The largest absolute Gasteiger partial charge is 0.394 e. The summed E-state index contributed by atoms with van der Waals surface area (Å²) in [5, 5.41) is 10.3. The summed E-state index contributed by atoms with van der Waals surface area (Å²) >= 11 is 0. The van der Waals surface area contributed by atoms with E-state index in [1.165, 1.54) is 22.3 Å². The lowest BCUT2D eigenvalue weighted by Crippen LogP contribution is -2.35. The van der Waals surface area contributed by atoms with Crippen molar-refractivity contribution in [3.8, 4) is 0 Å². The second kappa shape index (κ2) is 7.86. The number of aliphatic hydroxyl groups is 1. The number of fused-ring (bicyclic) bond motifs is 1. The van der Waals surface area contributed by atoms with E-state index in [1.54, 1.807) is 0 Å². The first-order valence-electron chi connectivity index (χ1n) is 9.43. The highest BCUT2D eigenvalue weighted by Crippen LogP contribution is 2.39. The second-order valence-corrected chi connectivity index (χ2v) is 6.96. The molecule has 1 heterocycles. The number of aliphatic hydroxyl groups excluding tert-OH is 1. The number of hydrogen-bond acceptors (Lipinski definition) is 2. The zero-order chi connectivity index (χ0) is 17.8. The molecule has 0 spiro atoms. The quantitative estimate of drug-likeness (QED) is 0.738. The Kier molecular flexibility index (Phi) is 5.14. The molecule has 3 aromatic carbocycles. The van der Waals surface area contributed by atoms with Crippen LogP contribution in [0.15, 0.2) is 84.9 Å². The van der Waals surface area contributed by atoms with Crippen LogP contribution in [0.3, 0.4) is 0 Å². The lowest BCUT2D eigenvalue weighted by molar-refractivity contribution is 0.0982. The van der Waals surface area contributed by atoms with Crippen molar-refractivity contribution >= 4 is 0 Å². The van der Waals surface area contributed by atoms with Gasteiger partial charge >= 0.3 is 0 Å². The highest BCUT2D eigenvalue weighted by atomic mass is 16.3. The van der Waals surface area contributed by atoms with Gasteiger partial charge < -0.3 is 5.11 Å². The zero-order valence-corrected chi connectivity index (χ0v) is 15.0. The van der Waals surface area contributed by atoms with Crippen molar-refractivity contribution in [1.82, 2.24) is 4.90 Å². The SMILES string of the molecule is OC[C@H](c1ccccc1)N1CCCc2ccccc2[C@H]1c1ccccc1. The van der Waals surface area contributed by atoms with Gasteiger partial charge in [0.05, 0.1) is 18.7 Å². The Balaban J connectivity index is 1.84. The van der Waals surface area contributed by atoms with Gasteiger partial charge in [-0.1, -0.05) is 84.9 Å². The maximum atomic E-state index is 10.3. The van der Waals surface area contributed by atoms with Crippen LogP contribution < -0.4 is 0 Å². The van der Waals surface area contributed by atoms with Gasteiger partial charge in [0.2, 0.25) is 0 Å². The maximum Gasteiger partial charge on any atom is 0.0628 e. The van der Waals surface area contributed by atoms with E-state index in [9.17, 15) is 5.11 Å². The third kappa shape index (κ3) is 3.31. The molecule has 2 nitrogen and oxygen atoms in total. The molecule has 1 N–H and O–H groups in total. The predicted octanol–water partition coefficient (Wildman–Crippen LogP) is 4.76. The molecule has 0 saturated heterocycles. The number of hydrogen-bond donors (Lipinski definition) is 1. The molecule has 3 aromatic rings. The van der Waals surface area contributed by atoms with Gasteiger partial charge in [0.1, 0.15) is 0 Å².